The molecule has 1 amide bonds. The van der Waals surface area contributed by atoms with Crippen molar-refractivity contribution in [3.63, 3.8) is 0 Å². The number of hydrogen-bond acceptors (Lipinski definition) is 4. The number of aromatic nitrogens is 2. The van der Waals surface area contributed by atoms with Crippen molar-refractivity contribution in [2.75, 3.05) is 5.32 Å². The van der Waals surface area contributed by atoms with Gasteiger partial charge in [-0.2, -0.15) is 0 Å². The molecule has 0 radical (unpaired) electrons. The largest absolute Gasteiger partial charge is 0.366 e. The van der Waals surface area contributed by atoms with E-state index in [2.05, 4.69) is 10.3 Å². The molecule has 4 aromatic rings. The van der Waals surface area contributed by atoms with Gasteiger partial charge >= 0.3 is 0 Å². The Morgan fingerprint density at radius 1 is 1.00 bits per heavy atom. The standard InChI is InChI=1S/C20H16N4O2/c1-24-19-15(3-2-10-22-19)17-11-14(8-9-16(17)20(24)26)23-13-6-4-12(5-7-13)18(21)25/h2-11,23H,1H3,(H2,21,25). The highest BCUT2D eigenvalue weighted by Gasteiger charge is 2.10. The van der Waals surface area contributed by atoms with Crippen LogP contribution in [0.2, 0.25) is 0 Å². The number of pyridine rings is 2. The molecule has 0 atom stereocenters. The van der Waals surface area contributed by atoms with E-state index in [-0.39, 0.29) is 5.56 Å². The Morgan fingerprint density at radius 3 is 2.46 bits per heavy atom. The van der Waals surface area contributed by atoms with Crippen LogP contribution in [0.5, 0.6) is 0 Å². The zero-order valence-electron chi connectivity index (χ0n) is 14.1. The van der Waals surface area contributed by atoms with Crippen LogP contribution in [0.15, 0.2) is 65.6 Å². The van der Waals surface area contributed by atoms with Gasteiger partial charge in [-0.05, 0) is 54.6 Å². The van der Waals surface area contributed by atoms with Crippen LogP contribution in [0.1, 0.15) is 10.4 Å². The molecule has 0 aliphatic heterocycles. The van der Waals surface area contributed by atoms with Crippen molar-refractivity contribution in [3.05, 3.63) is 76.7 Å². The van der Waals surface area contributed by atoms with Crippen LogP contribution < -0.4 is 16.6 Å². The maximum absolute atomic E-state index is 12.6. The van der Waals surface area contributed by atoms with Crippen molar-refractivity contribution in [2.24, 2.45) is 12.8 Å². The van der Waals surface area contributed by atoms with Crippen LogP contribution in [0.4, 0.5) is 11.4 Å². The number of fused-ring (bicyclic) bond motifs is 3. The molecule has 0 saturated heterocycles. The number of amides is 1. The Labute approximate surface area is 148 Å². The number of carbonyl (C=O) groups is 1. The monoisotopic (exact) mass is 344 g/mol. The highest BCUT2D eigenvalue weighted by molar-refractivity contribution is 6.05. The number of anilines is 2. The molecule has 2 heterocycles. The van der Waals surface area contributed by atoms with Crippen molar-refractivity contribution in [3.8, 4) is 0 Å². The van der Waals surface area contributed by atoms with Crippen LogP contribution in [-0.4, -0.2) is 15.5 Å². The Balaban J connectivity index is 1.82. The fourth-order valence-electron chi connectivity index (χ4n) is 3.07. The minimum Gasteiger partial charge on any atom is -0.366 e. The minimum absolute atomic E-state index is 0.0800. The van der Waals surface area contributed by atoms with E-state index in [9.17, 15) is 9.59 Å². The zero-order chi connectivity index (χ0) is 18.3. The van der Waals surface area contributed by atoms with Gasteiger partial charge in [0.1, 0.15) is 5.65 Å². The van der Waals surface area contributed by atoms with E-state index >= 15 is 0 Å². The van der Waals surface area contributed by atoms with Crippen molar-refractivity contribution < 1.29 is 4.79 Å². The zero-order valence-corrected chi connectivity index (χ0v) is 14.1. The Hall–Kier alpha value is -3.67. The second kappa shape index (κ2) is 6.00. The third-order valence-corrected chi connectivity index (χ3v) is 4.41. The van der Waals surface area contributed by atoms with Gasteiger partial charge in [-0.15, -0.1) is 0 Å². The van der Waals surface area contributed by atoms with Crippen molar-refractivity contribution in [1.82, 2.24) is 9.55 Å². The van der Waals surface area contributed by atoms with Crippen molar-refractivity contribution >= 4 is 39.1 Å². The van der Waals surface area contributed by atoms with Crippen LogP contribution in [-0.2, 0) is 7.05 Å². The first-order chi connectivity index (χ1) is 12.5. The highest BCUT2D eigenvalue weighted by atomic mass is 16.1. The second-order valence-electron chi connectivity index (χ2n) is 6.07. The first-order valence-corrected chi connectivity index (χ1v) is 8.09. The normalized spacial score (nSPS) is 11.0. The smallest absolute Gasteiger partial charge is 0.259 e. The molecule has 2 aromatic carbocycles. The van der Waals surface area contributed by atoms with Gasteiger partial charge in [-0.25, -0.2) is 4.98 Å². The van der Waals surface area contributed by atoms with E-state index in [0.29, 0.717) is 16.6 Å². The topological polar surface area (TPSA) is 90.0 Å². The summed E-state index contributed by atoms with van der Waals surface area (Å²) >= 11 is 0. The van der Waals surface area contributed by atoms with Gasteiger partial charge in [0.2, 0.25) is 5.91 Å². The summed E-state index contributed by atoms with van der Waals surface area (Å²) in [6.45, 7) is 0. The average molecular weight is 344 g/mol. The molecule has 6 heteroatoms. The molecule has 3 N–H and O–H groups in total. The van der Waals surface area contributed by atoms with E-state index in [1.807, 2.05) is 30.3 Å². The molecule has 0 spiro atoms. The van der Waals surface area contributed by atoms with Crippen molar-refractivity contribution in [2.45, 2.75) is 0 Å². The lowest BCUT2D eigenvalue weighted by molar-refractivity contribution is 0.100. The number of nitrogens with one attached hydrogen (secondary N) is 1. The molecular formula is C20H16N4O2. The van der Waals surface area contributed by atoms with Gasteiger partial charge in [0, 0.05) is 46.3 Å². The quantitative estimate of drug-likeness (QED) is 0.559. The Morgan fingerprint density at radius 2 is 1.73 bits per heavy atom. The fraction of sp³-hybridized carbons (Fsp3) is 0.0500. The Bertz CT molecular complexity index is 1210. The van der Waals surface area contributed by atoms with Gasteiger partial charge < -0.3 is 11.1 Å². The number of benzene rings is 2. The summed E-state index contributed by atoms with van der Waals surface area (Å²) in [5.74, 6) is -0.461. The summed E-state index contributed by atoms with van der Waals surface area (Å²) < 4.78 is 1.56. The van der Waals surface area contributed by atoms with Crippen LogP contribution >= 0.6 is 0 Å². The molecule has 128 valence electrons. The summed E-state index contributed by atoms with van der Waals surface area (Å²) in [5, 5.41) is 5.68. The number of primary amides is 1. The molecular weight excluding hydrogens is 328 g/mol. The molecule has 0 bridgehead atoms. The minimum atomic E-state index is -0.461. The summed E-state index contributed by atoms with van der Waals surface area (Å²) in [6.07, 6.45) is 1.68. The second-order valence-corrected chi connectivity index (χ2v) is 6.07. The molecule has 0 saturated carbocycles. The molecule has 0 aliphatic carbocycles. The summed E-state index contributed by atoms with van der Waals surface area (Å²) in [5.41, 5.74) is 7.94. The average Bonchev–Trinajstić information content (AvgIpc) is 2.66. The predicted octanol–water partition coefficient (Wildman–Crippen LogP) is 2.93. The van der Waals surface area contributed by atoms with E-state index in [1.54, 1.807) is 42.1 Å². The number of aryl methyl sites for hydroxylation is 1. The fourth-order valence-corrected chi connectivity index (χ4v) is 3.07. The maximum atomic E-state index is 12.6. The molecule has 2 aromatic heterocycles. The third kappa shape index (κ3) is 2.57. The first kappa shape index (κ1) is 15.8. The SMILES string of the molecule is Cn1c(=O)c2ccc(Nc3ccc(C(N)=O)cc3)cc2c2cccnc21. The number of nitrogens with zero attached hydrogens (tertiary/aromatic N) is 2. The number of nitrogens with two attached hydrogens (primary N) is 1. The van der Waals surface area contributed by atoms with Gasteiger partial charge in [-0.1, -0.05) is 0 Å². The molecule has 0 aliphatic rings. The number of hydrogen-bond donors (Lipinski definition) is 2. The van der Waals surface area contributed by atoms with Gasteiger partial charge in [0.05, 0.1) is 0 Å². The Kier molecular flexibility index (Phi) is 3.65. The van der Waals surface area contributed by atoms with Crippen molar-refractivity contribution in [1.29, 1.82) is 0 Å². The summed E-state index contributed by atoms with van der Waals surface area (Å²) in [6, 6.07) is 16.3. The predicted molar refractivity (Wildman–Crippen MR) is 103 cm³/mol. The first-order valence-electron chi connectivity index (χ1n) is 8.09. The molecule has 26 heavy (non-hydrogen) atoms. The number of rotatable bonds is 3. The lowest BCUT2D eigenvalue weighted by Gasteiger charge is -2.11. The van der Waals surface area contributed by atoms with Crippen LogP contribution in [0.3, 0.4) is 0 Å². The maximum Gasteiger partial charge on any atom is 0.259 e. The number of carbonyl (C=O) groups excluding carboxylic acids is 1. The highest BCUT2D eigenvalue weighted by Crippen LogP contribution is 2.26. The lowest BCUT2D eigenvalue weighted by Crippen LogP contribution is -2.18. The summed E-state index contributed by atoms with van der Waals surface area (Å²) in [7, 11) is 1.73. The van der Waals surface area contributed by atoms with Crippen LogP contribution in [0, 0.1) is 0 Å². The lowest BCUT2D eigenvalue weighted by atomic mass is 10.1. The van der Waals surface area contributed by atoms with E-state index in [0.717, 1.165) is 22.1 Å². The van der Waals surface area contributed by atoms with Gasteiger partial charge in [0.25, 0.3) is 5.56 Å². The van der Waals surface area contributed by atoms with E-state index < -0.39 is 5.91 Å². The van der Waals surface area contributed by atoms with Crippen LogP contribution in [0.25, 0.3) is 21.8 Å². The van der Waals surface area contributed by atoms with E-state index in [1.165, 1.54) is 0 Å². The third-order valence-electron chi connectivity index (χ3n) is 4.41. The molecule has 0 unspecified atom stereocenters. The molecule has 0 fully saturated rings. The van der Waals surface area contributed by atoms with Gasteiger partial charge in [0.15, 0.2) is 0 Å². The molecule has 6 nitrogen and oxygen atoms in total. The van der Waals surface area contributed by atoms with E-state index in [4.69, 9.17) is 5.73 Å². The molecule has 4 rings (SSSR count). The summed E-state index contributed by atoms with van der Waals surface area (Å²) in [4.78, 5) is 28.1. The van der Waals surface area contributed by atoms with Gasteiger partial charge in [-0.3, -0.25) is 14.2 Å².